The van der Waals surface area contributed by atoms with Gasteiger partial charge in [0.15, 0.2) is 11.0 Å². The Labute approximate surface area is 160 Å². The van der Waals surface area contributed by atoms with Crippen molar-refractivity contribution in [2.45, 2.75) is 70.1 Å². The summed E-state index contributed by atoms with van der Waals surface area (Å²) >= 11 is 1.61. The van der Waals surface area contributed by atoms with E-state index < -0.39 is 0 Å². The molecular weight excluding hydrogens is 344 g/mol. The Morgan fingerprint density at radius 3 is 2.81 bits per heavy atom. The first-order valence-electron chi connectivity index (χ1n) is 9.59. The Morgan fingerprint density at radius 2 is 2.08 bits per heavy atom. The summed E-state index contributed by atoms with van der Waals surface area (Å²) in [5, 5.41) is 12.8. The zero-order valence-electron chi connectivity index (χ0n) is 15.7. The van der Waals surface area contributed by atoms with Crippen molar-refractivity contribution >= 4 is 17.7 Å². The molecule has 0 spiro atoms. The molecule has 1 aromatic carbocycles. The lowest BCUT2D eigenvalue weighted by molar-refractivity contribution is -0.121. The van der Waals surface area contributed by atoms with Crippen LogP contribution in [-0.4, -0.2) is 32.5 Å². The van der Waals surface area contributed by atoms with Crippen molar-refractivity contribution in [1.82, 2.24) is 20.1 Å². The summed E-state index contributed by atoms with van der Waals surface area (Å²) in [4.78, 5) is 12.2. The number of aromatic nitrogens is 3. The fourth-order valence-corrected chi connectivity index (χ4v) is 4.40. The fourth-order valence-electron chi connectivity index (χ4n) is 3.46. The fraction of sp³-hybridized carbons (Fsp3) is 0.550. The van der Waals surface area contributed by atoms with Crippen molar-refractivity contribution in [3.05, 3.63) is 29.8 Å². The van der Waals surface area contributed by atoms with Crippen LogP contribution in [0.3, 0.4) is 0 Å². The largest absolute Gasteiger partial charge is 0.353 e. The summed E-state index contributed by atoms with van der Waals surface area (Å²) < 4.78 is 2.12. The van der Waals surface area contributed by atoms with E-state index in [4.69, 9.17) is 0 Å². The summed E-state index contributed by atoms with van der Waals surface area (Å²) in [6, 6.07) is 8.70. The van der Waals surface area contributed by atoms with E-state index in [1.54, 1.807) is 11.8 Å². The number of rotatable bonds is 7. The number of thioether (sulfide) groups is 1. The van der Waals surface area contributed by atoms with Gasteiger partial charge in [0.2, 0.25) is 5.91 Å². The van der Waals surface area contributed by atoms with Gasteiger partial charge in [-0.25, -0.2) is 0 Å². The molecule has 0 bridgehead atoms. The smallest absolute Gasteiger partial charge is 0.221 e. The summed E-state index contributed by atoms with van der Waals surface area (Å²) in [7, 11) is 0. The zero-order valence-corrected chi connectivity index (χ0v) is 16.5. The van der Waals surface area contributed by atoms with Gasteiger partial charge in [0.25, 0.3) is 0 Å². The topological polar surface area (TPSA) is 59.8 Å². The summed E-state index contributed by atoms with van der Waals surface area (Å²) in [6.45, 7) is 4.99. The number of aryl methyl sites for hydroxylation is 1. The maximum absolute atomic E-state index is 12.2. The standard InChI is InChI=1S/C20H28N4OS/c1-3-24-19(16-9-7-8-15(2)14-16)22-23-20(24)26-13-12-18(25)21-17-10-5-4-6-11-17/h7-9,14,17H,3-6,10-13H2,1-2H3,(H,21,25). The van der Waals surface area contributed by atoms with Crippen molar-refractivity contribution in [2.75, 3.05) is 5.75 Å². The normalized spacial score (nSPS) is 15.2. The quantitative estimate of drug-likeness (QED) is 0.740. The molecule has 1 aliphatic rings. The number of benzene rings is 1. The van der Waals surface area contributed by atoms with Crippen molar-refractivity contribution in [2.24, 2.45) is 0 Å². The molecule has 1 amide bonds. The van der Waals surface area contributed by atoms with Crippen molar-refractivity contribution in [1.29, 1.82) is 0 Å². The lowest BCUT2D eigenvalue weighted by atomic mass is 9.95. The van der Waals surface area contributed by atoms with Gasteiger partial charge in [0.1, 0.15) is 0 Å². The van der Waals surface area contributed by atoms with Crippen LogP contribution in [0.5, 0.6) is 0 Å². The van der Waals surface area contributed by atoms with Crippen LogP contribution < -0.4 is 5.32 Å². The minimum atomic E-state index is 0.158. The average Bonchev–Trinajstić information content (AvgIpc) is 3.05. The Hall–Kier alpha value is -1.82. The van der Waals surface area contributed by atoms with Gasteiger partial charge in [0, 0.05) is 30.3 Å². The Morgan fingerprint density at radius 1 is 1.27 bits per heavy atom. The van der Waals surface area contributed by atoms with Crippen LogP contribution in [0.15, 0.2) is 29.4 Å². The Bertz CT molecular complexity index is 737. The number of hydrogen-bond donors (Lipinski definition) is 1. The van der Waals surface area contributed by atoms with Crippen LogP contribution in [0.4, 0.5) is 0 Å². The third-order valence-corrected chi connectivity index (χ3v) is 5.81. The predicted octanol–water partition coefficient (Wildman–Crippen LogP) is 4.20. The van der Waals surface area contributed by atoms with E-state index in [2.05, 4.69) is 52.1 Å². The molecule has 26 heavy (non-hydrogen) atoms. The van der Waals surface area contributed by atoms with Crippen LogP contribution in [0, 0.1) is 6.92 Å². The Kier molecular flexibility index (Phi) is 6.72. The number of nitrogens with one attached hydrogen (secondary N) is 1. The van der Waals surface area contributed by atoms with Crippen molar-refractivity contribution < 1.29 is 4.79 Å². The van der Waals surface area contributed by atoms with E-state index in [1.807, 2.05) is 6.07 Å². The van der Waals surface area contributed by atoms with Gasteiger partial charge in [-0.3, -0.25) is 4.79 Å². The van der Waals surface area contributed by atoms with Gasteiger partial charge in [-0.15, -0.1) is 10.2 Å². The molecule has 1 aromatic heterocycles. The van der Waals surface area contributed by atoms with E-state index >= 15 is 0 Å². The molecular formula is C20H28N4OS. The van der Waals surface area contributed by atoms with Crippen LogP contribution >= 0.6 is 11.8 Å². The second-order valence-corrected chi connectivity index (χ2v) is 7.98. The third kappa shape index (κ3) is 4.87. The minimum Gasteiger partial charge on any atom is -0.353 e. The second kappa shape index (κ2) is 9.21. The van der Waals surface area contributed by atoms with E-state index in [9.17, 15) is 4.79 Å². The maximum atomic E-state index is 12.2. The highest BCUT2D eigenvalue weighted by Gasteiger charge is 2.17. The SMILES string of the molecule is CCn1c(SCCC(=O)NC2CCCCC2)nnc1-c1cccc(C)c1. The number of nitrogens with zero attached hydrogens (tertiary/aromatic N) is 3. The highest BCUT2D eigenvalue weighted by molar-refractivity contribution is 7.99. The highest BCUT2D eigenvalue weighted by Crippen LogP contribution is 2.25. The van der Waals surface area contributed by atoms with Gasteiger partial charge in [-0.2, -0.15) is 0 Å². The van der Waals surface area contributed by atoms with Crippen LogP contribution in [0.2, 0.25) is 0 Å². The number of amides is 1. The molecule has 1 aliphatic carbocycles. The van der Waals surface area contributed by atoms with Gasteiger partial charge in [0.05, 0.1) is 0 Å². The lowest BCUT2D eigenvalue weighted by Gasteiger charge is -2.22. The zero-order chi connectivity index (χ0) is 18.4. The number of carbonyl (C=O) groups excluding carboxylic acids is 1. The molecule has 140 valence electrons. The predicted molar refractivity (Wildman–Crippen MR) is 106 cm³/mol. The molecule has 1 saturated carbocycles. The molecule has 3 rings (SSSR count). The minimum absolute atomic E-state index is 0.158. The maximum Gasteiger partial charge on any atom is 0.221 e. The van der Waals surface area contributed by atoms with Gasteiger partial charge in [-0.05, 0) is 32.8 Å². The number of hydrogen-bond acceptors (Lipinski definition) is 4. The molecule has 2 aromatic rings. The molecule has 6 heteroatoms. The highest BCUT2D eigenvalue weighted by atomic mass is 32.2. The first-order chi connectivity index (χ1) is 12.7. The molecule has 0 aliphatic heterocycles. The Balaban J connectivity index is 1.56. The molecule has 5 nitrogen and oxygen atoms in total. The lowest BCUT2D eigenvalue weighted by Crippen LogP contribution is -2.36. The van der Waals surface area contributed by atoms with E-state index in [1.165, 1.54) is 24.8 Å². The van der Waals surface area contributed by atoms with Gasteiger partial charge >= 0.3 is 0 Å². The van der Waals surface area contributed by atoms with E-state index in [-0.39, 0.29) is 5.91 Å². The van der Waals surface area contributed by atoms with Gasteiger partial charge in [-0.1, -0.05) is 54.8 Å². The van der Waals surface area contributed by atoms with Crippen molar-refractivity contribution in [3.63, 3.8) is 0 Å². The van der Waals surface area contributed by atoms with Crippen LogP contribution in [-0.2, 0) is 11.3 Å². The van der Waals surface area contributed by atoms with Crippen molar-refractivity contribution in [3.8, 4) is 11.4 Å². The van der Waals surface area contributed by atoms with Crippen LogP contribution in [0.1, 0.15) is 51.0 Å². The average molecular weight is 373 g/mol. The molecule has 0 atom stereocenters. The van der Waals surface area contributed by atoms with E-state index in [0.29, 0.717) is 12.5 Å². The first kappa shape index (κ1) is 19.0. The summed E-state index contributed by atoms with van der Waals surface area (Å²) in [5.41, 5.74) is 2.29. The summed E-state index contributed by atoms with van der Waals surface area (Å²) in [6.07, 6.45) is 6.56. The molecule has 0 unspecified atom stereocenters. The molecule has 0 radical (unpaired) electrons. The molecule has 1 heterocycles. The third-order valence-electron chi connectivity index (χ3n) is 4.84. The first-order valence-corrected chi connectivity index (χ1v) is 10.6. The van der Waals surface area contributed by atoms with Gasteiger partial charge < -0.3 is 9.88 Å². The van der Waals surface area contributed by atoms with E-state index in [0.717, 1.165) is 41.7 Å². The monoisotopic (exact) mass is 372 g/mol. The molecule has 1 fully saturated rings. The second-order valence-electron chi connectivity index (χ2n) is 6.92. The summed E-state index contributed by atoms with van der Waals surface area (Å²) in [5.74, 6) is 1.78. The number of carbonyl (C=O) groups is 1. The molecule has 0 saturated heterocycles. The van der Waals surface area contributed by atoms with Crippen LogP contribution in [0.25, 0.3) is 11.4 Å². The molecule has 1 N–H and O–H groups in total.